The van der Waals surface area contributed by atoms with E-state index in [2.05, 4.69) is 10.6 Å². The number of ether oxygens (including phenoxy) is 2. The van der Waals surface area contributed by atoms with Crippen molar-refractivity contribution in [2.24, 2.45) is 0 Å². The molecule has 2 N–H and O–H groups in total. The summed E-state index contributed by atoms with van der Waals surface area (Å²) >= 11 is 6.10. The Hall–Kier alpha value is -1.46. The van der Waals surface area contributed by atoms with Crippen LogP contribution in [0, 0.1) is 0 Å². The van der Waals surface area contributed by atoms with E-state index in [1.807, 2.05) is 0 Å². The van der Waals surface area contributed by atoms with Crippen LogP contribution in [0.5, 0.6) is 11.5 Å². The molecule has 3 rings (SSSR count). The van der Waals surface area contributed by atoms with Crippen LogP contribution in [-0.4, -0.2) is 25.3 Å². The van der Waals surface area contributed by atoms with Crippen LogP contribution >= 0.6 is 11.6 Å². The van der Waals surface area contributed by atoms with Gasteiger partial charge < -0.3 is 20.1 Å². The number of nitrogens with one attached hydrogen (secondary N) is 2. The number of hydrogen-bond donors (Lipinski definition) is 2. The van der Waals surface area contributed by atoms with Crippen LogP contribution in [0.3, 0.4) is 0 Å². The van der Waals surface area contributed by atoms with Gasteiger partial charge in [-0.25, -0.2) is 0 Å². The zero-order valence-electron chi connectivity index (χ0n) is 10.4. The summed E-state index contributed by atoms with van der Waals surface area (Å²) < 4.78 is 10.5. The zero-order valence-corrected chi connectivity index (χ0v) is 11.1. The normalized spacial score (nSPS) is 20.6. The Bertz CT molecular complexity index is 501. The highest BCUT2D eigenvalue weighted by molar-refractivity contribution is 6.34. The predicted molar refractivity (Wildman–Crippen MR) is 71.8 cm³/mol. The Labute approximate surface area is 116 Å². The minimum atomic E-state index is -0.0415. The second-order valence-corrected chi connectivity index (χ2v) is 5.14. The van der Waals surface area contributed by atoms with E-state index in [0.717, 1.165) is 19.4 Å². The maximum atomic E-state index is 11.9. The van der Waals surface area contributed by atoms with Crippen LogP contribution in [0.4, 0.5) is 5.69 Å². The van der Waals surface area contributed by atoms with Gasteiger partial charge in [-0.05, 0) is 19.4 Å². The van der Waals surface area contributed by atoms with Gasteiger partial charge in [0.05, 0.1) is 10.7 Å². The lowest BCUT2D eigenvalue weighted by Crippen LogP contribution is -2.27. The van der Waals surface area contributed by atoms with Crippen LogP contribution in [0.15, 0.2) is 12.1 Å². The van der Waals surface area contributed by atoms with Gasteiger partial charge >= 0.3 is 0 Å². The Morgan fingerprint density at radius 3 is 2.95 bits per heavy atom. The number of halogens is 1. The van der Waals surface area contributed by atoms with E-state index in [1.165, 1.54) is 0 Å². The molecule has 0 aromatic heterocycles. The van der Waals surface area contributed by atoms with Crippen molar-refractivity contribution in [3.63, 3.8) is 0 Å². The summed E-state index contributed by atoms with van der Waals surface area (Å²) in [5.41, 5.74) is 0.564. The van der Waals surface area contributed by atoms with Crippen molar-refractivity contribution < 1.29 is 14.3 Å². The standard InChI is InChI=1S/C13H15ClN2O3/c14-9-5-11-12(19-7-18-11)6-10(9)16-13(17)4-8-2-1-3-15-8/h5-6,8,15H,1-4,7H2,(H,16,17). The topological polar surface area (TPSA) is 59.6 Å². The number of carbonyl (C=O) groups excluding carboxylic acids is 1. The molecular weight excluding hydrogens is 268 g/mol. The lowest BCUT2D eigenvalue weighted by Gasteiger charge is -2.12. The maximum Gasteiger partial charge on any atom is 0.231 e. The molecule has 1 unspecified atom stereocenters. The highest BCUT2D eigenvalue weighted by Gasteiger charge is 2.20. The van der Waals surface area contributed by atoms with E-state index in [-0.39, 0.29) is 18.7 Å². The molecule has 19 heavy (non-hydrogen) atoms. The van der Waals surface area contributed by atoms with E-state index in [9.17, 15) is 4.79 Å². The first-order valence-corrected chi connectivity index (χ1v) is 6.72. The van der Waals surface area contributed by atoms with Crippen LogP contribution in [0.2, 0.25) is 5.02 Å². The summed E-state index contributed by atoms with van der Waals surface area (Å²) in [6, 6.07) is 3.63. The first-order chi connectivity index (χ1) is 9.22. The molecule has 1 saturated heterocycles. The maximum absolute atomic E-state index is 11.9. The summed E-state index contributed by atoms with van der Waals surface area (Å²) in [6.07, 6.45) is 2.63. The molecule has 0 aliphatic carbocycles. The van der Waals surface area contributed by atoms with Crippen LogP contribution < -0.4 is 20.1 Å². The molecular formula is C13H15ClN2O3. The Morgan fingerprint density at radius 1 is 1.42 bits per heavy atom. The lowest BCUT2D eigenvalue weighted by molar-refractivity contribution is -0.116. The summed E-state index contributed by atoms with van der Waals surface area (Å²) in [5, 5.41) is 6.57. The van der Waals surface area contributed by atoms with Crippen molar-refractivity contribution in [1.82, 2.24) is 5.32 Å². The first kappa shape index (κ1) is 12.6. The Kier molecular flexibility index (Phi) is 3.48. The molecule has 2 aliphatic rings. The fourth-order valence-corrected chi connectivity index (χ4v) is 2.57. The van der Waals surface area contributed by atoms with Crippen molar-refractivity contribution in [1.29, 1.82) is 0 Å². The first-order valence-electron chi connectivity index (χ1n) is 6.35. The molecule has 1 aromatic rings. The molecule has 1 fully saturated rings. The van der Waals surface area contributed by atoms with Gasteiger partial charge in [0.1, 0.15) is 0 Å². The van der Waals surface area contributed by atoms with Crippen molar-refractivity contribution in [2.45, 2.75) is 25.3 Å². The largest absolute Gasteiger partial charge is 0.454 e. The van der Waals surface area contributed by atoms with Crippen molar-refractivity contribution in [2.75, 3.05) is 18.7 Å². The third-order valence-corrected chi connectivity index (χ3v) is 3.64. The number of fused-ring (bicyclic) bond motifs is 1. The van der Waals surface area contributed by atoms with Crippen molar-refractivity contribution >= 4 is 23.2 Å². The van der Waals surface area contributed by atoms with E-state index >= 15 is 0 Å². The number of carbonyl (C=O) groups is 1. The number of amides is 1. The molecule has 0 saturated carbocycles. The molecule has 0 bridgehead atoms. The van der Waals surface area contributed by atoms with E-state index in [0.29, 0.717) is 28.6 Å². The third kappa shape index (κ3) is 2.77. The predicted octanol–water partition coefficient (Wildman–Crippen LogP) is 2.15. The van der Waals surface area contributed by atoms with Gasteiger partial charge in [0, 0.05) is 24.6 Å². The molecule has 1 aromatic carbocycles. The zero-order chi connectivity index (χ0) is 13.2. The molecule has 6 heteroatoms. The fraction of sp³-hybridized carbons (Fsp3) is 0.462. The van der Waals surface area contributed by atoms with Gasteiger partial charge in [0.25, 0.3) is 0 Å². The van der Waals surface area contributed by atoms with Gasteiger partial charge in [-0.1, -0.05) is 11.6 Å². The second kappa shape index (κ2) is 5.27. The summed E-state index contributed by atoms with van der Waals surface area (Å²) in [4.78, 5) is 11.9. The average Bonchev–Trinajstić information content (AvgIpc) is 3.00. The minimum absolute atomic E-state index is 0.0415. The van der Waals surface area contributed by atoms with Crippen molar-refractivity contribution in [3.05, 3.63) is 17.2 Å². The molecule has 1 amide bonds. The quantitative estimate of drug-likeness (QED) is 0.892. The number of anilines is 1. The third-order valence-electron chi connectivity index (χ3n) is 3.33. The summed E-state index contributed by atoms with van der Waals surface area (Å²) in [5.74, 6) is 1.18. The molecule has 5 nitrogen and oxygen atoms in total. The van der Waals surface area contributed by atoms with E-state index < -0.39 is 0 Å². The second-order valence-electron chi connectivity index (χ2n) is 4.73. The summed E-state index contributed by atoms with van der Waals surface area (Å²) in [7, 11) is 0. The van der Waals surface area contributed by atoms with Gasteiger partial charge in [0.2, 0.25) is 12.7 Å². The van der Waals surface area contributed by atoms with Crippen LogP contribution in [-0.2, 0) is 4.79 Å². The highest BCUT2D eigenvalue weighted by Crippen LogP contribution is 2.39. The van der Waals surface area contributed by atoms with Crippen LogP contribution in [0.25, 0.3) is 0 Å². The van der Waals surface area contributed by atoms with Gasteiger partial charge in [-0.2, -0.15) is 0 Å². The highest BCUT2D eigenvalue weighted by atomic mass is 35.5. The molecule has 2 aliphatic heterocycles. The monoisotopic (exact) mass is 282 g/mol. The average molecular weight is 283 g/mol. The Morgan fingerprint density at radius 2 is 2.21 bits per heavy atom. The number of rotatable bonds is 3. The molecule has 1 atom stereocenters. The SMILES string of the molecule is O=C(CC1CCCN1)Nc1cc2c(cc1Cl)OCO2. The number of benzene rings is 1. The molecule has 2 heterocycles. The molecule has 102 valence electrons. The van der Waals surface area contributed by atoms with Crippen molar-refractivity contribution in [3.8, 4) is 11.5 Å². The lowest BCUT2D eigenvalue weighted by atomic mass is 10.1. The smallest absolute Gasteiger partial charge is 0.231 e. The summed E-state index contributed by atoms with van der Waals surface area (Å²) in [6.45, 7) is 1.18. The van der Waals surface area contributed by atoms with Gasteiger partial charge in [-0.3, -0.25) is 4.79 Å². The molecule has 0 spiro atoms. The van der Waals surface area contributed by atoms with Gasteiger partial charge in [-0.15, -0.1) is 0 Å². The fourth-order valence-electron chi connectivity index (χ4n) is 2.37. The number of hydrogen-bond acceptors (Lipinski definition) is 4. The minimum Gasteiger partial charge on any atom is -0.454 e. The van der Waals surface area contributed by atoms with E-state index in [1.54, 1.807) is 12.1 Å². The molecule has 0 radical (unpaired) electrons. The van der Waals surface area contributed by atoms with Crippen LogP contribution in [0.1, 0.15) is 19.3 Å². The van der Waals surface area contributed by atoms with Gasteiger partial charge in [0.15, 0.2) is 11.5 Å². The van der Waals surface area contributed by atoms with E-state index in [4.69, 9.17) is 21.1 Å². The Balaban J connectivity index is 1.67.